The molecule has 0 atom stereocenters. The smallest absolute Gasteiger partial charge is 0.0262 e. The first-order chi connectivity index (χ1) is 5.16. The Balaban J connectivity index is 2.79. The van der Waals surface area contributed by atoms with Gasteiger partial charge in [-0.25, -0.2) is 0 Å². The Hall–Kier alpha value is -0.720. The summed E-state index contributed by atoms with van der Waals surface area (Å²) in [4.78, 5) is 2.38. The van der Waals surface area contributed by atoms with Gasteiger partial charge in [-0.15, -0.1) is 0 Å². The second-order valence-electron chi connectivity index (χ2n) is 3.20. The van der Waals surface area contributed by atoms with Crippen molar-refractivity contribution in [2.75, 3.05) is 6.54 Å². The van der Waals surface area contributed by atoms with Crippen LogP contribution in [0, 0.1) is 0 Å². The Morgan fingerprint density at radius 2 is 2.09 bits per heavy atom. The minimum absolute atomic E-state index is 1.17. The summed E-state index contributed by atoms with van der Waals surface area (Å²) in [5.41, 5.74) is 4.35. The van der Waals surface area contributed by atoms with Crippen LogP contribution in [-0.2, 0) is 0 Å². The van der Waals surface area contributed by atoms with Crippen molar-refractivity contribution in [2.24, 2.45) is 0 Å². The third-order valence-electron chi connectivity index (χ3n) is 2.58. The van der Waals surface area contributed by atoms with Crippen LogP contribution in [0.15, 0.2) is 23.0 Å². The largest absolute Gasteiger partial charge is 0.349 e. The van der Waals surface area contributed by atoms with Crippen LogP contribution in [0.5, 0.6) is 0 Å². The molecule has 0 unspecified atom stereocenters. The van der Waals surface area contributed by atoms with Gasteiger partial charge in [-0.3, -0.25) is 0 Å². The zero-order chi connectivity index (χ0) is 8.43. The average molecular weight is 151 g/mol. The summed E-state index contributed by atoms with van der Waals surface area (Å²) in [6.45, 7) is 9.86. The van der Waals surface area contributed by atoms with Gasteiger partial charge in [-0.1, -0.05) is 11.6 Å². The molecule has 0 aromatic heterocycles. The van der Waals surface area contributed by atoms with Crippen molar-refractivity contribution in [2.45, 2.75) is 34.1 Å². The van der Waals surface area contributed by atoms with E-state index in [1.54, 1.807) is 0 Å². The lowest BCUT2D eigenvalue weighted by atomic mass is 10.2. The first-order valence-electron chi connectivity index (χ1n) is 4.23. The van der Waals surface area contributed by atoms with Gasteiger partial charge >= 0.3 is 0 Å². The van der Waals surface area contributed by atoms with E-state index in [-0.39, 0.29) is 0 Å². The van der Waals surface area contributed by atoms with Crippen molar-refractivity contribution in [3.05, 3.63) is 23.0 Å². The van der Waals surface area contributed by atoms with Crippen LogP contribution in [0.4, 0.5) is 0 Å². The van der Waals surface area contributed by atoms with Crippen molar-refractivity contribution < 1.29 is 0 Å². The molecule has 0 fully saturated rings. The highest BCUT2D eigenvalue weighted by Crippen LogP contribution is 2.25. The van der Waals surface area contributed by atoms with Crippen LogP contribution in [0.2, 0.25) is 0 Å². The van der Waals surface area contributed by atoms with Crippen LogP contribution in [0.3, 0.4) is 0 Å². The Morgan fingerprint density at radius 1 is 1.45 bits per heavy atom. The van der Waals surface area contributed by atoms with Crippen LogP contribution >= 0.6 is 0 Å². The van der Waals surface area contributed by atoms with E-state index >= 15 is 0 Å². The van der Waals surface area contributed by atoms with Gasteiger partial charge in [0.1, 0.15) is 0 Å². The summed E-state index contributed by atoms with van der Waals surface area (Å²) >= 11 is 0. The van der Waals surface area contributed by atoms with Gasteiger partial charge in [-0.05, 0) is 34.1 Å². The molecule has 0 aliphatic carbocycles. The van der Waals surface area contributed by atoms with Crippen molar-refractivity contribution in [1.29, 1.82) is 0 Å². The number of hydrogen-bond acceptors (Lipinski definition) is 1. The minimum atomic E-state index is 1.17. The predicted molar refractivity (Wildman–Crippen MR) is 49.1 cm³/mol. The third-order valence-corrected chi connectivity index (χ3v) is 2.58. The van der Waals surface area contributed by atoms with Gasteiger partial charge in [0.15, 0.2) is 0 Å². The molecule has 0 N–H and O–H groups in total. The molecule has 0 aromatic carbocycles. The maximum atomic E-state index is 2.38. The lowest BCUT2D eigenvalue weighted by Crippen LogP contribution is -2.15. The quantitative estimate of drug-likeness (QED) is 0.557. The Morgan fingerprint density at radius 3 is 2.45 bits per heavy atom. The molecule has 0 amide bonds. The molecule has 1 nitrogen and oxygen atoms in total. The molecule has 11 heavy (non-hydrogen) atoms. The zero-order valence-electron chi connectivity index (χ0n) is 7.94. The second-order valence-corrected chi connectivity index (χ2v) is 3.20. The van der Waals surface area contributed by atoms with Crippen LogP contribution in [-0.4, -0.2) is 11.4 Å². The second kappa shape index (κ2) is 3.12. The highest BCUT2D eigenvalue weighted by atomic mass is 15.2. The van der Waals surface area contributed by atoms with Crippen molar-refractivity contribution in [1.82, 2.24) is 4.90 Å². The van der Waals surface area contributed by atoms with Gasteiger partial charge in [0.25, 0.3) is 0 Å². The molecule has 1 aliphatic rings. The Kier molecular flexibility index (Phi) is 2.38. The van der Waals surface area contributed by atoms with E-state index in [1.165, 1.54) is 29.9 Å². The molecule has 0 spiro atoms. The lowest BCUT2D eigenvalue weighted by Gasteiger charge is -2.20. The maximum Gasteiger partial charge on any atom is 0.0262 e. The number of nitrogens with zero attached hydrogens (tertiary/aromatic N) is 1. The monoisotopic (exact) mass is 151 g/mol. The van der Waals surface area contributed by atoms with E-state index in [9.17, 15) is 0 Å². The molecular formula is C10H17N. The maximum absolute atomic E-state index is 2.38. The van der Waals surface area contributed by atoms with Gasteiger partial charge in [-0.2, -0.15) is 0 Å². The Labute approximate surface area is 69.4 Å². The fourth-order valence-corrected chi connectivity index (χ4v) is 1.46. The first-order valence-corrected chi connectivity index (χ1v) is 4.23. The molecule has 0 bridgehead atoms. The van der Waals surface area contributed by atoms with Gasteiger partial charge in [0.2, 0.25) is 0 Å². The number of hydrogen-bond donors (Lipinski definition) is 0. The minimum Gasteiger partial charge on any atom is -0.349 e. The Bertz CT molecular complexity index is 211. The van der Waals surface area contributed by atoms with Crippen LogP contribution in [0.25, 0.3) is 0 Å². The number of allylic oxidation sites excluding steroid dienone is 3. The SMILES string of the molecule is C/C=C(/C)N1CCC(C)=C1C. The molecular weight excluding hydrogens is 134 g/mol. The van der Waals surface area contributed by atoms with E-state index in [4.69, 9.17) is 0 Å². The summed E-state index contributed by atoms with van der Waals surface area (Å²) in [5, 5.41) is 0. The lowest BCUT2D eigenvalue weighted by molar-refractivity contribution is 0.468. The summed E-state index contributed by atoms with van der Waals surface area (Å²) in [6, 6.07) is 0. The zero-order valence-corrected chi connectivity index (χ0v) is 7.94. The average Bonchev–Trinajstić information content (AvgIpc) is 2.32. The predicted octanol–water partition coefficient (Wildman–Crippen LogP) is 2.91. The summed E-state index contributed by atoms with van der Waals surface area (Å²) in [7, 11) is 0. The van der Waals surface area contributed by atoms with E-state index in [0.717, 1.165) is 0 Å². The fourth-order valence-electron chi connectivity index (χ4n) is 1.46. The fraction of sp³-hybridized carbons (Fsp3) is 0.600. The van der Waals surface area contributed by atoms with E-state index < -0.39 is 0 Å². The molecule has 1 heteroatoms. The highest BCUT2D eigenvalue weighted by molar-refractivity contribution is 5.20. The number of rotatable bonds is 1. The molecule has 62 valence electrons. The van der Waals surface area contributed by atoms with Gasteiger partial charge < -0.3 is 4.90 Å². The third kappa shape index (κ3) is 1.47. The summed E-state index contributed by atoms with van der Waals surface area (Å²) in [6.07, 6.45) is 3.40. The van der Waals surface area contributed by atoms with Crippen molar-refractivity contribution >= 4 is 0 Å². The molecule has 1 heterocycles. The molecule has 0 saturated carbocycles. The molecule has 0 radical (unpaired) electrons. The van der Waals surface area contributed by atoms with Crippen LogP contribution in [0.1, 0.15) is 34.1 Å². The van der Waals surface area contributed by atoms with Crippen LogP contribution < -0.4 is 0 Å². The molecule has 0 aromatic rings. The first kappa shape index (κ1) is 8.38. The van der Waals surface area contributed by atoms with Gasteiger partial charge in [0.05, 0.1) is 0 Å². The topological polar surface area (TPSA) is 3.24 Å². The van der Waals surface area contributed by atoms with Crippen molar-refractivity contribution in [3.63, 3.8) is 0 Å². The van der Waals surface area contributed by atoms with Crippen molar-refractivity contribution in [3.8, 4) is 0 Å². The van der Waals surface area contributed by atoms with E-state index in [1.807, 2.05) is 0 Å². The normalized spacial score (nSPS) is 20.0. The van der Waals surface area contributed by atoms with Gasteiger partial charge in [0, 0.05) is 17.9 Å². The molecule has 0 saturated heterocycles. The molecule has 1 rings (SSSR count). The summed E-state index contributed by atoms with van der Waals surface area (Å²) in [5.74, 6) is 0. The van der Waals surface area contributed by atoms with E-state index in [0.29, 0.717) is 0 Å². The summed E-state index contributed by atoms with van der Waals surface area (Å²) < 4.78 is 0. The highest BCUT2D eigenvalue weighted by Gasteiger charge is 2.15. The molecule has 1 aliphatic heterocycles. The standard InChI is InChI=1S/C10H17N/c1-5-9(3)11-7-6-8(2)10(11)4/h5H,6-7H2,1-4H3/b9-5-. The van der Waals surface area contributed by atoms with E-state index in [2.05, 4.69) is 38.7 Å².